The number of aliphatic hydroxyl groups excluding tert-OH is 1. The van der Waals surface area contributed by atoms with Gasteiger partial charge >= 0.3 is 5.97 Å². The molecule has 9 nitrogen and oxygen atoms in total. The summed E-state index contributed by atoms with van der Waals surface area (Å²) in [7, 11) is 0. The van der Waals surface area contributed by atoms with Crippen LogP contribution in [0.2, 0.25) is 0 Å². The first-order valence-corrected chi connectivity index (χ1v) is 14.2. The number of ether oxygens (including phenoxy) is 2. The van der Waals surface area contributed by atoms with Gasteiger partial charge in [-0.1, -0.05) is 13.0 Å². The molecule has 0 aliphatic carbocycles. The Labute approximate surface area is 218 Å². The number of carbonyl (C=O) groups is 3. The number of morpholine rings is 1. The van der Waals surface area contributed by atoms with Gasteiger partial charge in [-0.15, -0.1) is 18.3 Å². The Balaban J connectivity index is 1.64. The molecule has 0 aromatic rings. The molecule has 3 unspecified atom stereocenters. The topological polar surface area (TPSA) is 99.6 Å². The fourth-order valence-corrected chi connectivity index (χ4v) is 9.05. The van der Waals surface area contributed by atoms with E-state index in [4.69, 9.17) is 9.47 Å². The molecule has 1 spiro atoms. The third-order valence-corrected chi connectivity index (χ3v) is 10.4. The second kappa shape index (κ2) is 11.8. The minimum Gasteiger partial charge on any atom is -0.466 e. The molecular weight excluding hydrogens is 482 g/mol. The van der Waals surface area contributed by atoms with E-state index in [1.165, 1.54) is 0 Å². The van der Waals surface area contributed by atoms with Crippen LogP contribution in [0.1, 0.15) is 33.1 Å². The van der Waals surface area contributed by atoms with Gasteiger partial charge in [0.05, 0.1) is 36.4 Å². The second-order valence-corrected chi connectivity index (χ2v) is 11.8. The number of amides is 2. The quantitative estimate of drug-likeness (QED) is 0.230. The summed E-state index contributed by atoms with van der Waals surface area (Å²) in [5.41, 5.74) is 0. The molecule has 10 heteroatoms. The smallest absolute Gasteiger partial charge is 0.310 e. The van der Waals surface area contributed by atoms with Crippen molar-refractivity contribution in [3.8, 4) is 0 Å². The van der Waals surface area contributed by atoms with Crippen molar-refractivity contribution >= 4 is 29.5 Å². The monoisotopic (exact) mass is 523 g/mol. The molecule has 2 amide bonds. The number of likely N-dealkylation sites (tertiary alicyclic amines) is 1. The zero-order chi connectivity index (χ0) is 25.9. The number of fused-ring (bicyclic) bond motifs is 1. The fourth-order valence-electron chi connectivity index (χ4n) is 6.65. The lowest BCUT2D eigenvalue weighted by molar-refractivity contribution is -0.154. The maximum Gasteiger partial charge on any atom is 0.310 e. The molecule has 4 fully saturated rings. The van der Waals surface area contributed by atoms with Gasteiger partial charge in [0.25, 0.3) is 0 Å². The number of rotatable bonds is 12. The van der Waals surface area contributed by atoms with E-state index < -0.39 is 22.6 Å². The van der Waals surface area contributed by atoms with Crippen LogP contribution in [0.4, 0.5) is 0 Å². The van der Waals surface area contributed by atoms with Crippen molar-refractivity contribution in [2.75, 3.05) is 65.7 Å². The summed E-state index contributed by atoms with van der Waals surface area (Å²) in [4.78, 5) is 47.2. The van der Waals surface area contributed by atoms with Crippen molar-refractivity contribution in [3.63, 3.8) is 0 Å². The molecule has 0 aromatic carbocycles. The maximum absolute atomic E-state index is 14.3. The fraction of sp³-hybridized carbons (Fsp3) is 0.808. The van der Waals surface area contributed by atoms with Gasteiger partial charge in [-0.2, -0.15) is 0 Å². The van der Waals surface area contributed by atoms with Crippen LogP contribution in [0.5, 0.6) is 0 Å². The summed E-state index contributed by atoms with van der Waals surface area (Å²) in [6, 6.07) is -0.636. The van der Waals surface area contributed by atoms with Gasteiger partial charge in [0.15, 0.2) is 0 Å². The third kappa shape index (κ3) is 4.81. The molecule has 4 rings (SSSR count). The van der Waals surface area contributed by atoms with E-state index in [9.17, 15) is 19.5 Å². The van der Waals surface area contributed by atoms with Crippen molar-refractivity contribution in [1.29, 1.82) is 0 Å². The standard InChI is InChI=1S/C26H41N3O6S/c1-4-8-28(11-10-27-12-15-34-16-13-27)24(32)22-26-18(3)17-19(36-26)20(25(33)35-5-2)21(26)23(31)29(22)9-6-7-14-30/h4,18-22,30H,1,5-17H2,2-3H3/t18?,19-,20+,21-,22?,26?/m0/s1. The second-order valence-electron chi connectivity index (χ2n) is 10.3. The molecular formula is C26H41N3O6S. The molecule has 6 atom stereocenters. The van der Waals surface area contributed by atoms with E-state index in [0.29, 0.717) is 45.7 Å². The van der Waals surface area contributed by atoms with Gasteiger partial charge < -0.3 is 24.4 Å². The van der Waals surface area contributed by atoms with Gasteiger partial charge in [-0.3, -0.25) is 19.3 Å². The zero-order valence-electron chi connectivity index (χ0n) is 21.6. The normalized spacial score (nSPS) is 33.6. The highest BCUT2D eigenvalue weighted by atomic mass is 32.2. The Hall–Kier alpha value is -1.62. The zero-order valence-corrected chi connectivity index (χ0v) is 22.4. The molecule has 2 bridgehead atoms. The first kappa shape index (κ1) is 27.4. The number of thioether (sulfide) groups is 1. The first-order valence-electron chi connectivity index (χ1n) is 13.4. The van der Waals surface area contributed by atoms with Gasteiger partial charge in [-0.25, -0.2) is 0 Å². The van der Waals surface area contributed by atoms with Crippen LogP contribution in [-0.2, 0) is 23.9 Å². The summed E-state index contributed by atoms with van der Waals surface area (Å²) in [6.45, 7) is 13.2. The molecule has 4 aliphatic rings. The van der Waals surface area contributed by atoms with Crippen molar-refractivity contribution < 1.29 is 29.0 Å². The van der Waals surface area contributed by atoms with E-state index >= 15 is 0 Å². The van der Waals surface area contributed by atoms with Crippen molar-refractivity contribution in [2.45, 2.75) is 49.1 Å². The Morgan fingerprint density at radius 2 is 2.06 bits per heavy atom. The van der Waals surface area contributed by atoms with E-state index in [0.717, 1.165) is 26.1 Å². The van der Waals surface area contributed by atoms with E-state index in [1.807, 2.05) is 4.90 Å². The maximum atomic E-state index is 14.3. The summed E-state index contributed by atoms with van der Waals surface area (Å²) in [5, 5.41) is 9.34. The molecule has 4 saturated heterocycles. The van der Waals surface area contributed by atoms with E-state index in [2.05, 4.69) is 18.4 Å². The van der Waals surface area contributed by atoms with Crippen LogP contribution in [0.3, 0.4) is 0 Å². The number of aliphatic hydroxyl groups is 1. The summed E-state index contributed by atoms with van der Waals surface area (Å²) in [5.74, 6) is -1.44. The van der Waals surface area contributed by atoms with Crippen LogP contribution in [0.25, 0.3) is 0 Å². The number of nitrogens with zero attached hydrogens (tertiary/aromatic N) is 3. The van der Waals surface area contributed by atoms with Crippen LogP contribution in [-0.4, -0.2) is 119 Å². The lowest BCUT2D eigenvalue weighted by Crippen LogP contribution is -2.58. The lowest BCUT2D eigenvalue weighted by atomic mass is 9.66. The highest BCUT2D eigenvalue weighted by molar-refractivity contribution is 8.02. The van der Waals surface area contributed by atoms with Gasteiger partial charge in [-0.05, 0) is 32.1 Å². The number of unbranched alkanes of at least 4 members (excludes halogenated alkanes) is 1. The predicted octanol–water partition coefficient (Wildman–Crippen LogP) is 1.01. The highest BCUT2D eigenvalue weighted by Crippen LogP contribution is 2.68. The van der Waals surface area contributed by atoms with Crippen LogP contribution in [0, 0.1) is 17.8 Å². The number of carbonyl (C=O) groups excluding carboxylic acids is 3. The molecule has 1 N–H and O–H groups in total. The predicted molar refractivity (Wildman–Crippen MR) is 137 cm³/mol. The minimum absolute atomic E-state index is 0.0101. The Morgan fingerprint density at radius 3 is 2.72 bits per heavy atom. The molecule has 0 radical (unpaired) electrons. The van der Waals surface area contributed by atoms with Gasteiger partial charge in [0.1, 0.15) is 6.04 Å². The Morgan fingerprint density at radius 1 is 1.31 bits per heavy atom. The Bertz CT molecular complexity index is 836. The SMILES string of the molecule is C=CCN(CCN1CCOCC1)C(=O)C1N(CCCCO)C(=O)[C@@H]2[C@H](C(=O)OCC)[C@@H]3CC(C)C12S3. The van der Waals surface area contributed by atoms with E-state index in [-0.39, 0.29) is 42.2 Å². The average molecular weight is 524 g/mol. The molecule has 202 valence electrons. The van der Waals surface area contributed by atoms with Crippen molar-refractivity contribution in [3.05, 3.63) is 12.7 Å². The molecule has 4 heterocycles. The largest absolute Gasteiger partial charge is 0.466 e. The first-order chi connectivity index (χ1) is 17.4. The lowest BCUT2D eigenvalue weighted by Gasteiger charge is -2.41. The van der Waals surface area contributed by atoms with Gasteiger partial charge in [0, 0.05) is 51.1 Å². The average Bonchev–Trinajstić information content (AvgIpc) is 3.46. The third-order valence-electron chi connectivity index (χ3n) is 8.30. The number of hydrogen-bond acceptors (Lipinski definition) is 8. The highest BCUT2D eigenvalue weighted by Gasteiger charge is 2.76. The summed E-state index contributed by atoms with van der Waals surface area (Å²) < 4.78 is 10.2. The molecule has 0 saturated carbocycles. The van der Waals surface area contributed by atoms with Crippen LogP contribution < -0.4 is 0 Å². The van der Waals surface area contributed by atoms with Crippen molar-refractivity contribution in [2.24, 2.45) is 17.8 Å². The molecule has 36 heavy (non-hydrogen) atoms. The Kier molecular flexibility index (Phi) is 9.01. The molecule has 0 aromatic heterocycles. The number of esters is 1. The number of hydrogen-bond donors (Lipinski definition) is 1. The van der Waals surface area contributed by atoms with Crippen LogP contribution in [0.15, 0.2) is 12.7 Å². The summed E-state index contributed by atoms with van der Waals surface area (Å²) >= 11 is 1.67. The van der Waals surface area contributed by atoms with Gasteiger partial charge in [0.2, 0.25) is 11.8 Å². The van der Waals surface area contributed by atoms with Crippen LogP contribution >= 0.6 is 11.8 Å². The van der Waals surface area contributed by atoms with Crippen molar-refractivity contribution in [1.82, 2.24) is 14.7 Å². The van der Waals surface area contributed by atoms with E-state index in [1.54, 1.807) is 29.7 Å². The molecule has 4 aliphatic heterocycles. The minimum atomic E-state index is -0.645. The summed E-state index contributed by atoms with van der Waals surface area (Å²) in [6.07, 6.45) is 3.70.